The third-order valence-electron chi connectivity index (χ3n) is 1.60. The molecule has 94 valence electrons. The number of benzene rings is 1. The minimum absolute atomic E-state index is 0. The van der Waals surface area contributed by atoms with Crippen LogP contribution in [-0.4, -0.2) is 26.3 Å². The first-order valence-electron chi connectivity index (χ1n) is 4.62. The van der Waals surface area contributed by atoms with Crippen molar-refractivity contribution in [2.24, 2.45) is 11.5 Å². The Morgan fingerprint density at radius 1 is 0.750 bits per heavy atom. The molecule has 16 heavy (non-hydrogen) atoms. The van der Waals surface area contributed by atoms with Crippen LogP contribution in [0.15, 0.2) is 24.3 Å². The van der Waals surface area contributed by atoms with Crippen LogP contribution in [0, 0.1) is 0 Å². The van der Waals surface area contributed by atoms with Crippen molar-refractivity contribution in [2.45, 2.75) is 0 Å². The van der Waals surface area contributed by atoms with Gasteiger partial charge in [-0.25, -0.2) is 0 Å². The van der Waals surface area contributed by atoms with E-state index in [0.29, 0.717) is 26.3 Å². The molecule has 0 aliphatic carbocycles. The summed E-state index contributed by atoms with van der Waals surface area (Å²) in [7, 11) is 0. The van der Waals surface area contributed by atoms with Crippen molar-refractivity contribution >= 4 is 24.8 Å². The maximum atomic E-state index is 5.31. The highest BCUT2D eigenvalue weighted by Crippen LogP contribution is 2.17. The Bertz CT molecular complexity index is 231. The van der Waals surface area contributed by atoms with Gasteiger partial charge in [-0.15, -0.1) is 24.8 Å². The highest BCUT2D eigenvalue weighted by Gasteiger charge is 1.94. The molecule has 0 heterocycles. The van der Waals surface area contributed by atoms with Gasteiger partial charge in [0.2, 0.25) is 0 Å². The molecular formula is C10H18Cl2N2O2. The van der Waals surface area contributed by atoms with Crippen LogP contribution in [0.5, 0.6) is 11.5 Å². The van der Waals surface area contributed by atoms with Gasteiger partial charge in [0.05, 0.1) is 0 Å². The number of rotatable bonds is 6. The largest absolute Gasteiger partial charge is 0.492 e. The Kier molecular flexibility index (Phi) is 12.0. The van der Waals surface area contributed by atoms with E-state index >= 15 is 0 Å². The zero-order valence-corrected chi connectivity index (χ0v) is 10.6. The molecule has 0 atom stereocenters. The van der Waals surface area contributed by atoms with E-state index in [-0.39, 0.29) is 24.8 Å². The van der Waals surface area contributed by atoms with Crippen LogP contribution in [0.1, 0.15) is 0 Å². The molecule has 0 aliphatic rings. The fraction of sp³-hybridized carbons (Fsp3) is 0.400. The van der Waals surface area contributed by atoms with Gasteiger partial charge in [0.25, 0.3) is 0 Å². The predicted molar refractivity (Wildman–Crippen MR) is 70.0 cm³/mol. The molecule has 4 N–H and O–H groups in total. The fourth-order valence-electron chi connectivity index (χ4n) is 0.986. The molecule has 0 aromatic heterocycles. The van der Waals surface area contributed by atoms with Crippen molar-refractivity contribution in [3.05, 3.63) is 24.3 Å². The summed E-state index contributed by atoms with van der Waals surface area (Å²) in [6, 6.07) is 7.39. The van der Waals surface area contributed by atoms with Crippen molar-refractivity contribution in [1.82, 2.24) is 0 Å². The summed E-state index contributed by atoms with van der Waals surface area (Å²) in [6.45, 7) is 2.10. The Hall–Kier alpha value is -0.680. The molecule has 1 aromatic carbocycles. The van der Waals surface area contributed by atoms with Gasteiger partial charge in [-0.3, -0.25) is 0 Å². The summed E-state index contributed by atoms with van der Waals surface area (Å²) < 4.78 is 10.6. The van der Waals surface area contributed by atoms with Crippen molar-refractivity contribution in [1.29, 1.82) is 0 Å². The zero-order valence-electron chi connectivity index (χ0n) is 8.93. The smallest absolute Gasteiger partial charge is 0.119 e. The predicted octanol–water partition coefficient (Wildman–Crippen LogP) is 1.21. The van der Waals surface area contributed by atoms with Gasteiger partial charge >= 0.3 is 0 Å². The molecule has 0 saturated heterocycles. The van der Waals surface area contributed by atoms with Crippen LogP contribution in [0.25, 0.3) is 0 Å². The Morgan fingerprint density at radius 3 is 1.31 bits per heavy atom. The van der Waals surface area contributed by atoms with Crippen LogP contribution in [0.3, 0.4) is 0 Å². The minimum atomic E-state index is 0. The molecule has 0 unspecified atom stereocenters. The van der Waals surface area contributed by atoms with Crippen molar-refractivity contribution in [2.75, 3.05) is 26.3 Å². The van der Waals surface area contributed by atoms with E-state index in [1.54, 1.807) is 0 Å². The van der Waals surface area contributed by atoms with Gasteiger partial charge in [0.15, 0.2) is 0 Å². The van der Waals surface area contributed by atoms with Crippen molar-refractivity contribution < 1.29 is 9.47 Å². The second kappa shape index (κ2) is 10.8. The summed E-state index contributed by atoms with van der Waals surface area (Å²) in [5.74, 6) is 1.60. The zero-order chi connectivity index (χ0) is 10.2. The lowest BCUT2D eigenvalue weighted by Gasteiger charge is -2.06. The van der Waals surface area contributed by atoms with Crippen LogP contribution in [-0.2, 0) is 0 Å². The monoisotopic (exact) mass is 268 g/mol. The van der Waals surface area contributed by atoms with Crippen molar-refractivity contribution in [3.8, 4) is 11.5 Å². The summed E-state index contributed by atoms with van der Waals surface area (Å²) in [5.41, 5.74) is 10.6. The van der Waals surface area contributed by atoms with Crippen molar-refractivity contribution in [3.63, 3.8) is 0 Å². The summed E-state index contributed by atoms with van der Waals surface area (Å²) in [6.07, 6.45) is 0. The van der Waals surface area contributed by atoms with Crippen LogP contribution >= 0.6 is 24.8 Å². The lowest BCUT2D eigenvalue weighted by Crippen LogP contribution is -2.11. The van der Waals surface area contributed by atoms with Gasteiger partial charge < -0.3 is 20.9 Å². The number of hydrogen-bond donors (Lipinski definition) is 2. The lowest BCUT2D eigenvalue weighted by molar-refractivity contribution is 0.319. The van der Waals surface area contributed by atoms with E-state index in [2.05, 4.69) is 0 Å². The van der Waals surface area contributed by atoms with Crippen LogP contribution in [0.4, 0.5) is 0 Å². The molecular weight excluding hydrogens is 251 g/mol. The quantitative estimate of drug-likeness (QED) is 0.814. The first kappa shape index (κ1) is 17.7. The second-order valence-electron chi connectivity index (χ2n) is 2.75. The van der Waals surface area contributed by atoms with E-state index in [9.17, 15) is 0 Å². The third kappa shape index (κ3) is 6.74. The molecule has 4 nitrogen and oxygen atoms in total. The Balaban J connectivity index is 0. The SMILES string of the molecule is Cl.Cl.NCCOc1ccc(OCCN)cc1. The van der Waals surface area contributed by atoms with E-state index in [1.807, 2.05) is 24.3 Å². The number of ether oxygens (including phenoxy) is 2. The third-order valence-corrected chi connectivity index (χ3v) is 1.60. The van der Waals surface area contributed by atoms with E-state index in [4.69, 9.17) is 20.9 Å². The summed E-state index contributed by atoms with van der Waals surface area (Å²) in [5, 5.41) is 0. The van der Waals surface area contributed by atoms with Crippen LogP contribution < -0.4 is 20.9 Å². The van der Waals surface area contributed by atoms with Gasteiger partial charge in [0.1, 0.15) is 24.7 Å². The molecule has 1 rings (SSSR count). The molecule has 6 heteroatoms. The maximum Gasteiger partial charge on any atom is 0.119 e. The summed E-state index contributed by atoms with van der Waals surface area (Å²) >= 11 is 0. The minimum Gasteiger partial charge on any atom is -0.492 e. The molecule has 1 aromatic rings. The maximum absolute atomic E-state index is 5.31. The molecule has 0 saturated carbocycles. The van der Waals surface area contributed by atoms with E-state index in [1.165, 1.54) is 0 Å². The molecule has 0 spiro atoms. The normalized spacial score (nSPS) is 8.62. The average molecular weight is 269 g/mol. The topological polar surface area (TPSA) is 70.5 Å². The highest BCUT2D eigenvalue weighted by molar-refractivity contribution is 5.85. The van der Waals surface area contributed by atoms with E-state index < -0.39 is 0 Å². The highest BCUT2D eigenvalue weighted by atomic mass is 35.5. The number of hydrogen-bond acceptors (Lipinski definition) is 4. The standard InChI is InChI=1S/C10H16N2O2.2ClH/c11-5-7-13-9-1-2-10(4-3-9)14-8-6-12;;/h1-4H,5-8,11-12H2;2*1H. The molecule has 0 aliphatic heterocycles. The summed E-state index contributed by atoms with van der Waals surface area (Å²) in [4.78, 5) is 0. The number of nitrogens with two attached hydrogens (primary N) is 2. The second-order valence-corrected chi connectivity index (χ2v) is 2.75. The number of halogens is 2. The molecule has 0 bridgehead atoms. The first-order chi connectivity index (χ1) is 6.86. The van der Waals surface area contributed by atoms with E-state index in [0.717, 1.165) is 11.5 Å². The Labute approximate surface area is 108 Å². The van der Waals surface area contributed by atoms with Gasteiger partial charge in [-0.2, -0.15) is 0 Å². The average Bonchev–Trinajstić information content (AvgIpc) is 2.25. The Morgan fingerprint density at radius 2 is 1.06 bits per heavy atom. The van der Waals surface area contributed by atoms with Gasteiger partial charge in [-0.1, -0.05) is 0 Å². The first-order valence-corrected chi connectivity index (χ1v) is 4.62. The van der Waals surface area contributed by atoms with Gasteiger partial charge in [0, 0.05) is 13.1 Å². The lowest BCUT2D eigenvalue weighted by atomic mass is 10.3. The van der Waals surface area contributed by atoms with Crippen LogP contribution in [0.2, 0.25) is 0 Å². The molecule has 0 amide bonds. The molecule has 0 fully saturated rings. The molecule has 0 radical (unpaired) electrons. The fourth-order valence-corrected chi connectivity index (χ4v) is 0.986. The van der Waals surface area contributed by atoms with Gasteiger partial charge in [-0.05, 0) is 24.3 Å².